The highest BCUT2D eigenvalue weighted by Crippen LogP contribution is 2.33. The van der Waals surface area contributed by atoms with Crippen molar-refractivity contribution in [1.29, 1.82) is 0 Å². The molecule has 2 heterocycles. The summed E-state index contributed by atoms with van der Waals surface area (Å²) < 4.78 is 21.0. The number of piperidine rings is 1. The minimum atomic E-state index is -0.555. The molecule has 1 aliphatic heterocycles. The van der Waals surface area contributed by atoms with Crippen LogP contribution < -0.4 is 5.32 Å². The van der Waals surface area contributed by atoms with E-state index in [1.54, 1.807) is 27.9 Å². The Balaban J connectivity index is 1.61. The number of amides is 2. The van der Waals surface area contributed by atoms with E-state index in [1.807, 2.05) is 52.0 Å². The van der Waals surface area contributed by atoms with Gasteiger partial charge in [-0.15, -0.1) is 0 Å². The third kappa shape index (κ3) is 5.88. The summed E-state index contributed by atoms with van der Waals surface area (Å²) in [7, 11) is 0. The van der Waals surface area contributed by atoms with Crippen molar-refractivity contribution in [2.75, 3.05) is 18.4 Å². The number of carbonyl (C=O) groups is 2. The van der Waals surface area contributed by atoms with Crippen LogP contribution in [0.4, 0.5) is 14.9 Å². The van der Waals surface area contributed by atoms with Crippen molar-refractivity contribution in [2.45, 2.75) is 52.1 Å². The van der Waals surface area contributed by atoms with Gasteiger partial charge >= 0.3 is 6.09 Å². The van der Waals surface area contributed by atoms with Gasteiger partial charge in [0.25, 0.3) is 5.91 Å². The van der Waals surface area contributed by atoms with Crippen molar-refractivity contribution in [2.24, 2.45) is 0 Å². The topological polar surface area (TPSA) is 76.5 Å². The van der Waals surface area contributed by atoms with Gasteiger partial charge in [-0.25, -0.2) is 13.9 Å². The van der Waals surface area contributed by atoms with Gasteiger partial charge in [0.2, 0.25) is 0 Å². The molecule has 0 radical (unpaired) electrons. The monoisotopic (exact) mass is 478 g/mol. The van der Waals surface area contributed by atoms with E-state index in [-0.39, 0.29) is 17.9 Å². The van der Waals surface area contributed by atoms with E-state index in [0.717, 1.165) is 16.9 Å². The number of nitrogens with one attached hydrogen (secondary N) is 1. The van der Waals surface area contributed by atoms with Crippen LogP contribution in [0.15, 0.2) is 54.7 Å². The van der Waals surface area contributed by atoms with Crippen molar-refractivity contribution in [1.82, 2.24) is 14.7 Å². The smallest absolute Gasteiger partial charge is 0.410 e. The van der Waals surface area contributed by atoms with Crippen molar-refractivity contribution < 1.29 is 18.7 Å². The molecule has 0 unspecified atom stereocenters. The van der Waals surface area contributed by atoms with Crippen LogP contribution in [0.1, 0.15) is 61.1 Å². The molecule has 7 nitrogen and oxygen atoms in total. The van der Waals surface area contributed by atoms with Crippen molar-refractivity contribution in [3.05, 3.63) is 77.4 Å². The number of hydrogen-bond donors (Lipinski definition) is 1. The van der Waals surface area contributed by atoms with Crippen molar-refractivity contribution >= 4 is 17.7 Å². The summed E-state index contributed by atoms with van der Waals surface area (Å²) in [5.41, 5.74) is 3.02. The van der Waals surface area contributed by atoms with E-state index in [4.69, 9.17) is 4.74 Å². The number of aryl methyl sites for hydroxylation is 1. The average molecular weight is 479 g/mol. The Morgan fingerprint density at radius 1 is 1.09 bits per heavy atom. The Morgan fingerprint density at radius 2 is 1.77 bits per heavy atom. The second kappa shape index (κ2) is 9.90. The Bertz CT molecular complexity index is 1210. The lowest BCUT2D eigenvalue weighted by molar-refractivity contribution is 0.0203. The molecule has 35 heavy (non-hydrogen) atoms. The first kappa shape index (κ1) is 24.4. The fourth-order valence-electron chi connectivity index (χ4n) is 4.24. The van der Waals surface area contributed by atoms with Crippen molar-refractivity contribution in [3.8, 4) is 5.69 Å². The molecule has 1 fully saturated rings. The van der Waals surface area contributed by atoms with Gasteiger partial charge in [-0.05, 0) is 70.9 Å². The summed E-state index contributed by atoms with van der Waals surface area (Å²) in [4.78, 5) is 27.5. The fourth-order valence-corrected chi connectivity index (χ4v) is 4.24. The molecule has 0 spiro atoms. The highest BCUT2D eigenvalue weighted by Gasteiger charge is 2.32. The number of halogens is 1. The van der Waals surface area contributed by atoms with E-state index >= 15 is 0 Å². The maximum Gasteiger partial charge on any atom is 0.410 e. The molecular formula is C27H31FN4O3. The zero-order valence-corrected chi connectivity index (χ0v) is 20.5. The van der Waals surface area contributed by atoms with Gasteiger partial charge in [0.15, 0.2) is 0 Å². The molecule has 2 aromatic carbocycles. The maximum absolute atomic E-state index is 13.6. The maximum atomic E-state index is 13.6. The van der Waals surface area contributed by atoms with Gasteiger partial charge < -0.3 is 15.0 Å². The fraction of sp³-hybridized carbons (Fsp3) is 0.370. The van der Waals surface area contributed by atoms with Gasteiger partial charge in [0.05, 0.1) is 23.1 Å². The Labute approximate surface area is 204 Å². The summed E-state index contributed by atoms with van der Waals surface area (Å²) in [6, 6.07) is 13.7. The minimum Gasteiger partial charge on any atom is -0.444 e. The quantitative estimate of drug-likeness (QED) is 0.523. The van der Waals surface area contributed by atoms with Crippen LogP contribution in [-0.2, 0) is 4.74 Å². The molecule has 1 aromatic heterocycles. The highest BCUT2D eigenvalue weighted by molar-refractivity contribution is 6.05. The molecule has 0 bridgehead atoms. The molecule has 8 heteroatoms. The molecule has 3 aromatic rings. The van der Waals surface area contributed by atoms with Crippen LogP contribution in [0.5, 0.6) is 0 Å². The molecule has 2 amide bonds. The van der Waals surface area contributed by atoms with E-state index in [0.29, 0.717) is 37.2 Å². The van der Waals surface area contributed by atoms with E-state index in [9.17, 15) is 14.0 Å². The van der Waals surface area contributed by atoms with Gasteiger partial charge in [-0.2, -0.15) is 5.10 Å². The standard InChI is InChI=1S/C27H31FN4O3/c1-18-8-10-22(11-9-18)32-24(19-12-14-31(15-13-19)26(34)35-27(2,3)4)23(17-29-32)25(33)30-21-7-5-6-20(28)16-21/h5-11,16-17,19H,12-15H2,1-4H3,(H,30,33). The molecule has 1 aliphatic rings. The zero-order valence-electron chi connectivity index (χ0n) is 20.5. The third-order valence-corrected chi connectivity index (χ3v) is 5.95. The largest absolute Gasteiger partial charge is 0.444 e. The first-order valence-electron chi connectivity index (χ1n) is 11.8. The van der Waals surface area contributed by atoms with Crippen LogP contribution in [0.3, 0.4) is 0 Å². The van der Waals surface area contributed by atoms with Crippen LogP contribution >= 0.6 is 0 Å². The summed E-state index contributed by atoms with van der Waals surface area (Å²) in [5.74, 6) is -0.767. The lowest BCUT2D eigenvalue weighted by Gasteiger charge is -2.34. The highest BCUT2D eigenvalue weighted by atomic mass is 19.1. The average Bonchev–Trinajstić information content (AvgIpc) is 3.24. The second-order valence-corrected chi connectivity index (χ2v) is 9.90. The molecule has 0 atom stereocenters. The van der Waals surface area contributed by atoms with Crippen molar-refractivity contribution in [3.63, 3.8) is 0 Å². The summed E-state index contributed by atoms with van der Waals surface area (Å²) in [6.45, 7) is 8.59. The number of aromatic nitrogens is 2. The first-order chi connectivity index (χ1) is 16.6. The number of ether oxygens (including phenoxy) is 1. The summed E-state index contributed by atoms with van der Waals surface area (Å²) in [6.07, 6.45) is 2.56. The molecule has 184 valence electrons. The number of carbonyl (C=O) groups excluding carboxylic acids is 2. The van der Waals surface area contributed by atoms with Crippen LogP contribution in [0.25, 0.3) is 5.69 Å². The number of rotatable bonds is 4. The van der Waals surface area contributed by atoms with Crippen LogP contribution in [-0.4, -0.2) is 45.4 Å². The first-order valence-corrected chi connectivity index (χ1v) is 11.8. The van der Waals surface area contributed by atoms with Crippen LogP contribution in [0.2, 0.25) is 0 Å². The second-order valence-electron chi connectivity index (χ2n) is 9.90. The minimum absolute atomic E-state index is 0.00532. The molecule has 0 aliphatic carbocycles. The Morgan fingerprint density at radius 3 is 2.40 bits per heavy atom. The molecular weight excluding hydrogens is 447 g/mol. The van der Waals surface area contributed by atoms with E-state index in [1.165, 1.54) is 12.1 Å². The SMILES string of the molecule is Cc1ccc(-n2ncc(C(=O)Nc3cccc(F)c3)c2C2CCN(C(=O)OC(C)(C)C)CC2)cc1. The van der Waals surface area contributed by atoms with Gasteiger partial charge in [0.1, 0.15) is 11.4 Å². The normalized spacial score (nSPS) is 14.6. The lowest BCUT2D eigenvalue weighted by Crippen LogP contribution is -2.41. The zero-order chi connectivity index (χ0) is 25.2. The summed E-state index contributed by atoms with van der Waals surface area (Å²) >= 11 is 0. The van der Waals surface area contributed by atoms with E-state index in [2.05, 4.69) is 10.4 Å². The predicted octanol–water partition coefficient (Wildman–Crippen LogP) is 5.69. The number of nitrogens with zero attached hydrogens (tertiary/aromatic N) is 3. The molecule has 0 saturated carbocycles. The number of likely N-dealkylation sites (tertiary alicyclic amines) is 1. The lowest BCUT2D eigenvalue weighted by atomic mass is 9.90. The molecule has 1 saturated heterocycles. The summed E-state index contributed by atoms with van der Waals surface area (Å²) in [5, 5.41) is 7.34. The molecule has 1 N–H and O–H groups in total. The van der Waals surface area contributed by atoms with Gasteiger partial charge in [-0.3, -0.25) is 4.79 Å². The number of benzene rings is 2. The number of anilines is 1. The Kier molecular flexibility index (Phi) is 6.91. The Hall–Kier alpha value is -3.68. The number of hydrogen-bond acceptors (Lipinski definition) is 4. The molecule has 4 rings (SSSR count). The third-order valence-electron chi connectivity index (χ3n) is 5.95. The van der Waals surface area contributed by atoms with E-state index < -0.39 is 11.4 Å². The predicted molar refractivity (Wildman–Crippen MR) is 132 cm³/mol. The van der Waals surface area contributed by atoms with Crippen LogP contribution in [0, 0.1) is 12.7 Å². The van der Waals surface area contributed by atoms with Gasteiger partial charge in [0, 0.05) is 24.7 Å². The van der Waals surface area contributed by atoms with Gasteiger partial charge in [-0.1, -0.05) is 23.8 Å².